The van der Waals surface area contributed by atoms with Crippen LogP contribution in [0.1, 0.15) is 45.1 Å². The van der Waals surface area contributed by atoms with Crippen molar-refractivity contribution < 1.29 is 14.2 Å². The molecule has 0 amide bonds. The molecule has 160 valence electrons. The number of guanidine groups is 1. The number of methoxy groups -OCH3 is 3. The molecule has 1 aliphatic carbocycles. The van der Waals surface area contributed by atoms with E-state index >= 15 is 0 Å². The maximum atomic E-state index is 5.42. The van der Waals surface area contributed by atoms with Crippen molar-refractivity contribution in [2.75, 3.05) is 28.4 Å². The van der Waals surface area contributed by atoms with Gasteiger partial charge in [0.15, 0.2) is 17.5 Å². The Hall–Kier alpha value is -1.38. The molecule has 0 saturated heterocycles. The molecule has 0 aliphatic heterocycles. The van der Waals surface area contributed by atoms with Gasteiger partial charge in [-0.25, -0.2) is 0 Å². The second-order valence-electron chi connectivity index (χ2n) is 7.46. The van der Waals surface area contributed by atoms with Crippen LogP contribution in [0.25, 0.3) is 0 Å². The van der Waals surface area contributed by atoms with Gasteiger partial charge in [0.1, 0.15) is 0 Å². The van der Waals surface area contributed by atoms with Gasteiger partial charge in [0, 0.05) is 19.6 Å². The number of ether oxygens (including phenoxy) is 3. The molecule has 0 heterocycles. The van der Waals surface area contributed by atoms with Gasteiger partial charge in [-0.05, 0) is 55.2 Å². The Kier molecular flexibility index (Phi) is 10.8. The highest BCUT2D eigenvalue weighted by molar-refractivity contribution is 14.0. The lowest BCUT2D eigenvalue weighted by Gasteiger charge is -2.32. The van der Waals surface area contributed by atoms with Crippen LogP contribution in [0, 0.1) is 11.8 Å². The first-order valence-corrected chi connectivity index (χ1v) is 9.78. The summed E-state index contributed by atoms with van der Waals surface area (Å²) in [7, 11) is 6.67. The summed E-state index contributed by atoms with van der Waals surface area (Å²) in [4.78, 5) is 4.38. The van der Waals surface area contributed by atoms with Crippen molar-refractivity contribution in [2.45, 2.75) is 52.1 Å². The Morgan fingerprint density at radius 2 is 1.61 bits per heavy atom. The van der Waals surface area contributed by atoms with E-state index in [0.29, 0.717) is 29.8 Å². The summed E-state index contributed by atoms with van der Waals surface area (Å²) in [6.07, 6.45) is 4.99. The fourth-order valence-electron chi connectivity index (χ4n) is 3.74. The summed E-state index contributed by atoms with van der Waals surface area (Å²) < 4.78 is 16.2. The topological polar surface area (TPSA) is 64.1 Å². The van der Waals surface area contributed by atoms with Crippen molar-refractivity contribution >= 4 is 29.9 Å². The second-order valence-corrected chi connectivity index (χ2v) is 7.46. The summed E-state index contributed by atoms with van der Waals surface area (Å²) in [5.41, 5.74) is 1.04. The number of hydrogen-bond acceptors (Lipinski definition) is 4. The highest BCUT2D eigenvalue weighted by Crippen LogP contribution is 2.38. The van der Waals surface area contributed by atoms with E-state index in [1.54, 1.807) is 21.3 Å². The first-order valence-electron chi connectivity index (χ1n) is 9.78. The predicted octanol–water partition coefficient (Wildman–Crippen LogP) is 4.21. The van der Waals surface area contributed by atoms with Crippen LogP contribution in [0.3, 0.4) is 0 Å². The average molecular weight is 505 g/mol. The van der Waals surface area contributed by atoms with Crippen LogP contribution in [-0.4, -0.2) is 40.4 Å². The van der Waals surface area contributed by atoms with Crippen LogP contribution in [0.4, 0.5) is 0 Å². The zero-order valence-electron chi connectivity index (χ0n) is 18.0. The van der Waals surface area contributed by atoms with E-state index < -0.39 is 0 Å². The number of aliphatic imine (C=N–C) groups is 1. The Morgan fingerprint density at radius 3 is 2.04 bits per heavy atom. The first-order chi connectivity index (χ1) is 13.0. The molecular weight excluding hydrogens is 469 g/mol. The van der Waals surface area contributed by atoms with Gasteiger partial charge in [0.2, 0.25) is 5.75 Å². The molecule has 1 saturated carbocycles. The zero-order chi connectivity index (χ0) is 19.8. The second kappa shape index (κ2) is 12.2. The minimum atomic E-state index is 0. The summed E-state index contributed by atoms with van der Waals surface area (Å²) in [5.74, 6) is 4.39. The van der Waals surface area contributed by atoms with Gasteiger partial charge in [0.05, 0.1) is 21.3 Å². The lowest BCUT2D eigenvalue weighted by molar-refractivity contribution is 0.250. The molecule has 28 heavy (non-hydrogen) atoms. The van der Waals surface area contributed by atoms with Gasteiger partial charge >= 0.3 is 0 Å². The third kappa shape index (κ3) is 6.60. The third-order valence-corrected chi connectivity index (χ3v) is 5.46. The number of rotatable bonds is 7. The Balaban J connectivity index is 0.00000392. The third-order valence-electron chi connectivity index (χ3n) is 5.46. The van der Waals surface area contributed by atoms with Gasteiger partial charge in [-0.1, -0.05) is 13.8 Å². The Morgan fingerprint density at radius 1 is 1.04 bits per heavy atom. The lowest BCUT2D eigenvalue weighted by atomic mass is 9.80. The van der Waals surface area contributed by atoms with Crippen molar-refractivity contribution in [3.8, 4) is 17.2 Å². The minimum Gasteiger partial charge on any atom is -0.493 e. The molecule has 1 aliphatic rings. The molecule has 1 fully saturated rings. The highest BCUT2D eigenvalue weighted by Gasteiger charge is 2.23. The number of nitrogens with one attached hydrogen (secondary N) is 2. The maximum Gasteiger partial charge on any atom is 0.203 e. The van der Waals surface area contributed by atoms with E-state index in [-0.39, 0.29) is 24.0 Å². The standard InChI is InChI=1S/C21H35N3O3.HI/c1-14(2)16-7-9-17(10-8-16)24-21(22-3)23-13-15-11-18(25-4)20(27-6)19(12-15)26-5;/h11-12,14,16-17H,7-10,13H2,1-6H3,(H2,22,23,24);1H. The van der Waals surface area contributed by atoms with Crippen molar-refractivity contribution in [1.29, 1.82) is 0 Å². The molecular formula is C21H36IN3O3. The van der Waals surface area contributed by atoms with E-state index in [4.69, 9.17) is 14.2 Å². The molecule has 0 bridgehead atoms. The van der Waals surface area contributed by atoms with Crippen molar-refractivity contribution in [3.63, 3.8) is 0 Å². The monoisotopic (exact) mass is 505 g/mol. The SMILES string of the molecule is CN=C(NCc1cc(OC)c(OC)c(OC)c1)NC1CCC(C(C)C)CC1.I. The smallest absolute Gasteiger partial charge is 0.203 e. The quantitative estimate of drug-likeness (QED) is 0.330. The van der Waals surface area contributed by atoms with Crippen LogP contribution >= 0.6 is 24.0 Å². The maximum absolute atomic E-state index is 5.42. The number of hydrogen-bond donors (Lipinski definition) is 2. The lowest BCUT2D eigenvalue weighted by Crippen LogP contribution is -2.44. The number of nitrogens with zero attached hydrogens (tertiary/aromatic N) is 1. The van der Waals surface area contributed by atoms with Gasteiger partial charge in [-0.2, -0.15) is 0 Å². The zero-order valence-corrected chi connectivity index (χ0v) is 20.3. The highest BCUT2D eigenvalue weighted by atomic mass is 127. The van der Waals surface area contributed by atoms with Gasteiger partial charge in [0.25, 0.3) is 0 Å². The molecule has 0 aromatic heterocycles. The van der Waals surface area contributed by atoms with Gasteiger partial charge in [-0.15, -0.1) is 24.0 Å². The van der Waals surface area contributed by atoms with Gasteiger partial charge in [-0.3, -0.25) is 4.99 Å². The van der Waals surface area contributed by atoms with Crippen molar-refractivity contribution in [1.82, 2.24) is 10.6 Å². The first kappa shape index (κ1) is 24.7. The van der Waals surface area contributed by atoms with Crippen LogP contribution < -0.4 is 24.8 Å². The number of benzene rings is 1. The van der Waals surface area contributed by atoms with Gasteiger partial charge < -0.3 is 24.8 Å². The van der Waals surface area contributed by atoms with E-state index in [1.165, 1.54) is 25.7 Å². The normalized spacial score (nSPS) is 19.6. The van der Waals surface area contributed by atoms with Crippen LogP contribution in [0.2, 0.25) is 0 Å². The summed E-state index contributed by atoms with van der Waals surface area (Å²) in [6.45, 7) is 5.28. The van der Waals surface area contributed by atoms with Crippen LogP contribution in [0.15, 0.2) is 17.1 Å². The molecule has 0 unspecified atom stereocenters. The largest absolute Gasteiger partial charge is 0.493 e. The molecule has 2 N–H and O–H groups in total. The number of halogens is 1. The van der Waals surface area contributed by atoms with Crippen molar-refractivity contribution in [2.24, 2.45) is 16.8 Å². The molecule has 7 heteroatoms. The van der Waals surface area contributed by atoms with E-state index in [1.807, 2.05) is 19.2 Å². The molecule has 6 nitrogen and oxygen atoms in total. The fraction of sp³-hybridized carbons (Fsp3) is 0.667. The molecule has 0 atom stereocenters. The Labute approximate surface area is 186 Å². The van der Waals surface area contributed by atoms with E-state index in [9.17, 15) is 0 Å². The van der Waals surface area contributed by atoms with Crippen LogP contribution in [0.5, 0.6) is 17.2 Å². The average Bonchev–Trinajstić information content (AvgIpc) is 2.70. The predicted molar refractivity (Wildman–Crippen MR) is 125 cm³/mol. The van der Waals surface area contributed by atoms with E-state index in [0.717, 1.165) is 23.4 Å². The summed E-state index contributed by atoms with van der Waals surface area (Å²) in [6, 6.07) is 4.40. The molecule has 0 spiro atoms. The summed E-state index contributed by atoms with van der Waals surface area (Å²) >= 11 is 0. The minimum absolute atomic E-state index is 0. The van der Waals surface area contributed by atoms with Crippen LogP contribution in [-0.2, 0) is 6.54 Å². The van der Waals surface area contributed by atoms with E-state index in [2.05, 4.69) is 29.5 Å². The fourth-order valence-corrected chi connectivity index (χ4v) is 3.74. The molecule has 2 rings (SSSR count). The summed E-state index contributed by atoms with van der Waals surface area (Å²) in [5, 5.41) is 6.96. The Bertz CT molecular complexity index is 604. The molecule has 1 aromatic carbocycles. The van der Waals surface area contributed by atoms with Crippen molar-refractivity contribution in [3.05, 3.63) is 17.7 Å². The molecule has 0 radical (unpaired) electrons. The molecule has 1 aromatic rings.